The first-order valence-corrected chi connectivity index (χ1v) is 6.82. The van der Waals surface area contributed by atoms with Gasteiger partial charge in [-0.05, 0) is 32.0 Å². The van der Waals surface area contributed by atoms with Gasteiger partial charge in [-0.25, -0.2) is 4.98 Å². The molecule has 0 aliphatic heterocycles. The molecule has 0 bridgehead atoms. The van der Waals surface area contributed by atoms with Crippen molar-refractivity contribution in [3.63, 3.8) is 0 Å². The lowest BCUT2D eigenvalue weighted by Crippen LogP contribution is -2.07. The van der Waals surface area contributed by atoms with Crippen LogP contribution in [0.5, 0.6) is 0 Å². The molecule has 0 saturated heterocycles. The summed E-state index contributed by atoms with van der Waals surface area (Å²) in [4.78, 5) is 5.88. The molecular formula is C14H18N2S. The average molecular weight is 246 g/mol. The molecule has 2 aromatic rings. The molecule has 0 amide bonds. The minimum Gasteiger partial charge on any atom is -0.320 e. The maximum absolute atomic E-state index is 4.49. The Morgan fingerprint density at radius 3 is 2.82 bits per heavy atom. The third-order valence-corrected chi connectivity index (χ3v) is 3.71. The predicted octanol–water partition coefficient (Wildman–Crippen LogP) is 2.89. The fourth-order valence-corrected chi connectivity index (χ4v) is 2.75. The van der Waals surface area contributed by atoms with Crippen LogP contribution in [0, 0.1) is 0 Å². The molecule has 3 heteroatoms. The Morgan fingerprint density at radius 2 is 2.06 bits per heavy atom. The van der Waals surface area contributed by atoms with Crippen molar-refractivity contribution in [1.82, 2.24) is 10.3 Å². The number of nitrogens with zero attached hydrogens (tertiary/aromatic N) is 1. The lowest BCUT2D eigenvalue weighted by molar-refractivity contribution is 0.729. The standard InChI is InChI=1S/C14H18N2S/c1-15-9-5-8-13-11-16-14(17-13)10-12-6-3-2-4-7-12/h2-4,6-7,11,15H,5,8-10H2,1H3. The van der Waals surface area contributed by atoms with Crippen LogP contribution in [-0.2, 0) is 12.8 Å². The number of hydrogen-bond donors (Lipinski definition) is 1. The van der Waals surface area contributed by atoms with Crippen LogP contribution < -0.4 is 5.32 Å². The molecule has 0 radical (unpaired) electrons. The van der Waals surface area contributed by atoms with Crippen molar-refractivity contribution >= 4 is 11.3 Å². The van der Waals surface area contributed by atoms with E-state index in [1.165, 1.54) is 21.9 Å². The van der Waals surface area contributed by atoms with Crippen LogP contribution in [0.2, 0.25) is 0 Å². The highest BCUT2D eigenvalue weighted by molar-refractivity contribution is 7.11. The maximum atomic E-state index is 4.49. The average Bonchev–Trinajstić information content (AvgIpc) is 2.79. The Bertz CT molecular complexity index is 436. The fraction of sp³-hybridized carbons (Fsp3) is 0.357. The highest BCUT2D eigenvalue weighted by Gasteiger charge is 2.02. The van der Waals surface area contributed by atoms with Crippen molar-refractivity contribution in [3.05, 3.63) is 52.0 Å². The van der Waals surface area contributed by atoms with Crippen LogP contribution in [0.3, 0.4) is 0 Å². The number of aryl methyl sites for hydroxylation is 1. The van der Waals surface area contributed by atoms with Gasteiger partial charge in [0.2, 0.25) is 0 Å². The third-order valence-electron chi connectivity index (χ3n) is 2.65. The van der Waals surface area contributed by atoms with Gasteiger partial charge in [0, 0.05) is 17.5 Å². The van der Waals surface area contributed by atoms with E-state index >= 15 is 0 Å². The van der Waals surface area contributed by atoms with Crippen molar-refractivity contribution in [1.29, 1.82) is 0 Å². The summed E-state index contributed by atoms with van der Waals surface area (Å²) >= 11 is 1.84. The van der Waals surface area contributed by atoms with E-state index in [-0.39, 0.29) is 0 Å². The predicted molar refractivity (Wildman–Crippen MR) is 73.6 cm³/mol. The summed E-state index contributed by atoms with van der Waals surface area (Å²) in [5.74, 6) is 0. The molecule has 1 heterocycles. The molecule has 0 saturated carbocycles. The van der Waals surface area contributed by atoms with Crippen molar-refractivity contribution in [2.24, 2.45) is 0 Å². The Kier molecular flexibility index (Phi) is 4.71. The van der Waals surface area contributed by atoms with E-state index in [1.54, 1.807) is 0 Å². The molecule has 0 aliphatic carbocycles. The zero-order valence-electron chi connectivity index (χ0n) is 10.1. The molecule has 2 rings (SSSR count). The summed E-state index contributed by atoms with van der Waals surface area (Å²) in [7, 11) is 1.99. The largest absolute Gasteiger partial charge is 0.320 e. The van der Waals surface area contributed by atoms with Gasteiger partial charge < -0.3 is 5.32 Å². The first-order chi connectivity index (χ1) is 8.38. The van der Waals surface area contributed by atoms with E-state index in [9.17, 15) is 0 Å². The smallest absolute Gasteiger partial charge is 0.0971 e. The number of aromatic nitrogens is 1. The van der Waals surface area contributed by atoms with Crippen LogP contribution in [0.15, 0.2) is 36.5 Å². The summed E-state index contributed by atoms with van der Waals surface area (Å²) in [6.45, 7) is 1.08. The fourth-order valence-electron chi connectivity index (χ4n) is 1.76. The minimum absolute atomic E-state index is 0.956. The second-order valence-corrected chi connectivity index (χ2v) is 5.29. The summed E-state index contributed by atoms with van der Waals surface area (Å²) < 4.78 is 0. The molecule has 0 spiro atoms. The van der Waals surface area contributed by atoms with Crippen LogP contribution in [0.4, 0.5) is 0 Å². The molecule has 1 aromatic carbocycles. The Morgan fingerprint density at radius 1 is 1.24 bits per heavy atom. The molecule has 1 aromatic heterocycles. The third kappa shape index (κ3) is 3.95. The van der Waals surface area contributed by atoms with Crippen LogP contribution in [0.1, 0.15) is 21.9 Å². The monoisotopic (exact) mass is 246 g/mol. The highest BCUT2D eigenvalue weighted by atomic mass is 32.1. The summed E-state index contributed by atoms with van der Waals surface area (Å²) in [6.07, 6.45) is 5.30. The lowest BCUT2D eigenvalue weighted by atomic mass is 10.2. The number of hydrogen-bond acceptors (Lipinski definition) is 3. The highest BCUT2D eigenvalue weighted by Crippen LogP contribution is 2.17. The van der Waals surface area contributed by atoms with Crippen LogP contribution >= 0.6 is 11.3 Å². The molecule has 90 valence electrons. The molecule has 1 N–H and O–H groups in total. The van der Waals surface area contributed by atoms with Gasteiger partial charge in [0.05, 0.1) is 5.01 Å². The topological polar surface area (TPSA) is 24.9 Å². The van der Waals surface area contributed by atoms with E-state index in [2.05, 4.69) is 40.6 Å². The summed E-state index contributed by atoms with van der Waals surface area (Å²) in [6, 6.07) is 10.5. The first kappa shape index (κ1) is 12.3. The number of benzene rings is 1. The van der Waals surface area contributed by atoms with Gasteiger partial charge in [0.15, 0.2) is 0 Å². The number of thiazole rings is 1. The van der Waals surface area contributed by atoms with E-state index in [0.29, 0.717) is 0 Å². The zero-order chi connectivity index (χ0) is 11.9. The quantitative estimate of drug-likeness (QED) is 0.793. The van der Waals surface area contributed by atoms with Gasteiger partial charge >= 0.3 is 0 Å². The molecular weight excluding hydrogens is 228 g/mol. The normalized spacial score (nSPS) is 10.6. The van der Waals surface area contributed by atoms with Gasteiger partial charge in [-0.3, -0.25) is 0 Å². The van der Waals surface area contributed by atoms with Gasteiger partial charge in [-0.15, -0.1) is 11.3 Å². The van der Waals surface area contributed by atoms with E-state index in [1.807, 2.05) is 24.6 Å². The first-order valence-electron chi connectivity index (χ1n) is 6.00. The summed E-state index contributed by atoms with van der Waals surface area (Å²) in [5.41, 5.74) is 1.34. The second-order valence-electron chi connectivity index (χ2n) is 4.09. The molecule has 17 heavy (non-hydrogen) atoms. The van der Waals surface area contributed by atoms with Gasteiger partial charge in [0.1, 0.15) is 0 Å². The second kappa shape index (κ2) is 6.52. The van der Waals surface area contributed by atoms with Crippen molar-refractivity contribution in [3.8, 4) is 0 Å². The van der Waals surface area contributed by atoms with Gasteiger partial charge in [0.25, 0.3) is 0 Å². The van der Waals surface area contributed by atoms with Crippen LogP contribution in [0.25, 0.3) is 0 Å². The van der Waals surface area contributed by atoms with Crippen molar-refractivity contribution in [2.75, 3.05) is 13.6 Å². The lowest BCUT2D eigenvalue weighted by Gasteiger charge is -1.97. The Balaban J connectivity index is 1.90. The zero-order valence-corrected chi connectivity index (χ0v) is 11.0. The number of nitrogens with one attached hydrogen (secondary N) is 1. The van der Waals surface area contributed by atoms with Gasteiger partial charge in [-0.2, -0.15) is 0 Å². The maximum Gasteiger partial charge on any atom is 0.0971 e. The van der Waals surface area contributed by atoms with Crippen molar-refractivity contribution < 1.29 is 0 Å². The SMILES string of the molecule is CNCCCc1cnc(Cc2ccccc2)s1. The van der Waals surface area contributed by atoms with E-state index in [0.717, 1.165) is 19.4 Å². The van der Waals surface area contributed by atoms with Crippen molar-refractivity contribution in [2.45, 2.75) is 19.3 Å². The van der Waals surface area contributed by atoms with E-state index in [4.69, 9.17) is 0 Å². The number of rotatable bonds is 6. The molecule has 2 nitrogen and oxygen atoms in total. The molecule has 0 fully saturated rings. The van der Waals surface area contributed by atoms with Crippen LogP contribution in [-0.4, -0.2) is 18.6 Å². The molecule has 0 atom stereocenters. The Labute approximate surface area is 107 Å². The molecule has 0 unspecified atom stereocenters. The van der Waals surface area contributed by atoms with Gasteiger partial charge in [-0.1, -0.05) is 30.3 Å². The Hall–Kier alpha value is -1.19. The minimum atomic E-state index is 0.956. The van der Waals surface area contributed by atoms with E-state index < -0.39 is 0 Å². The summed E-state index contributed by atoms with van der Waals surface area (Å²) in [5, 5.41) is 4.39. The molecule has 0 aliphatic rings.